The zero-order chi connectivity index (χ0) is 24.3. The number of hydrogen-bond donors (Lipinski definition) is 2. The van der Waals surface area contributed by atoms with Crippen molar-refractivity contribution < 1.29 is 29.1 Å². The van der Waals surface area contributed by atoms with Gasteiger partial charge in [0.25, 0.3) is 0 Å². The van der Waals surface area contributed by atoms with Crippen molar-refractivity contribution in [2.45, 2.75) is 83.4 Å². The third kappa shape index (κ3) is 8.29. The number of allylic oxidation sites excluding steroid dienone is 2. The number of carboxylic acid groups (broad SMARTS) is 1. The van der Waals surface area contributed by atoms with E-state index in [0.717, 1.165) is 49.7 Å². The summed E-state index contributed by atoms with van der Waals surface area (Å²) in [6.07, 6.45) is 14.1. The normalized spacial score (nSPS) is 25.3. The maximum Gasteiger partial charge on any atom is 0.457 e. The minimum absolute atomic E-state index is 0.0900. The third-order valence-electron chi connectivity index (χ3n) is 6.61. The van der Waals surface area contributed by atoms with Crippen LogP contribution in [0, 0.1) is 18.8 Å². The first-order chi connectivity index (χ1) is 16.5. The molecule has 7 heteroatoms. The molecule has 0 amide bonds. The summed E-state index contributed by atoms with van der Waals surface area (Å²) >= 11 is 0. The maximum absolute atomic E-state index is 10.7. The van der Waals surface area contributed by atoms with Gasteiger partial charge in [-0.1, -0.05) is 56.2 Å². The maximum atomic E-state index is 10.7. The Morgan fingerprint density at radius 3 is 2.85 bits per heavy atom. The molecule has 1 saturated carbocycles. The first-order valence-electron chi connectivity index (χ1n) is 12.7. The van der Waals surface area contributed by atoms with Crippen molar-refractivity contribution in [1.82, 2.24) is 0 Å². The number of aliphatic hydroxyl groups is 1. The van der Waals surface area contributed by atoms with Crippen LogP contribution in [0.25, 0.3) is 0 Å². The average Bonchev–Trinajstić information content (AvgIpc) is 3.05. The topological polar surface area (TPSA) is 85.2 Å². The third-order valence-corrected chi connectivity index (χ3v) is 6.61. The zero-order valence-corrected chi connectivity index (χ0v) is 20.5. The van der Waals surface area contributed by atoms with E-state index in [1.807, 2.05) is 37.3 Å². The Bertz CT molecular complexity index is 825. The lowest BCUT2D eigenvalue weighted by Gasteiger charge is -2.27. The van der Waals surface area contributed by atoms with Gasteiger partial charge in [0.1, 0.15) is 18.5 Å². The summed E-state index contributed by atoms with van der Waals surface area (Å²) < 4.78 is 18.3. The minimum Gasteiger partial charge on any atom is -0.491 e. The molecular weight excluding hydrogens is 431 g/mol. The van der Waals surface area contributed by atoms with Crippen molar-refractivity contribution in [3.63, 3.8) is 0 Å². The molecule has 1 saturated heterocycles. The number of benzene rings is 1. The highest BCUT2D eigenvalue weighted by molar-refractivity contribution is 6.44. The van der Waals surface area contributed by atoms with Crippen LogP contribution >= 0.6 is 0 Å². The van der Waals surface area contributed by atoms with Gasteiger partial charge in [-0.3, -0.25) is 4.79 Å². The fourth-order valence-corrected chi connectivity index (χ4v) is 4.83. The van der Waals surface area contributed by atoms with Gasteiger partial charge in [0, 0.05) is 18.4 Å². The Morgan fingerprint density at radius 1 is 1.26 bits per heavy atom. The highest BCUT2D eigenvalue weighted by Gasteiger charge is 2.49. The molecule has 3 rings (SSSR count). The van der Waals surface area contributed by atoms with E-state index < -0.39 is 12.1 Å². The number of aryl methyl sites for hydroxylation is 1. The first-order valence-corrected chi connectivity index (χ1v) is 12.7. The highest BCUT2D eigenvalue weighted by Crippen LogP contribution is 2.44. The van der Waals surface area contributed by atoms with Gasteiger partial charge in [-0.15, -0.1) is 0 Å². The molecular formula is C27H39BO6. The molecule has 1 aliphatic heterocycles. The average molecular weight is 470 g/mol. The largest absolute Gasteiger partial charge is 0.491 e. The van der Waals surface area contributed by atoms with Gasteiger partial charge in [0.15, 0.2) is 0 Å². The lowest BCUT2D eigenvalue weighted by Crippen LogP contribution is -2.37. The van der Waals surface area contributed by atoms with Crippen LogP contribution in [0.3, 0.4) is 0 Å². The lowest BCUT2D eigenvalue weighted by atomic mass is 9.80. The molecule has 34 heavy (non-hydrogen) atoms. The van der Waals surface area contributed by atoms with Gasteiger partial charge < -0.3 is 24.3 Å². The number of hydrogen-bond acceptors (Lipinski definition) is 5. The van der Waals surface area contributed by atoms with E-state index in [2.05, 4.69) is 25.2 Å². The van der Waals surface area contributed by atoms with E-state index in [9.17, 15) is 9.90 Å². The quantitative estimate of drug-likeness (QED) is 0.221. The Morgan fingerprint density at radius 2 is 2.09 bits per heavy atom. The number of aliphatic hydroxyl groups excluding tert-OH is 1. The van der Waals surface area contributed by atoms with Crippen LogP contribution in [-0.4, -0.2) is 48.2 Å². The zero-order valence-electron chi connectivity index (χ0n) is 20.5. The molecule has 6 nitrogen and oxygen atoms in total. The van der Waals surface area contributed by atoms with Crippen LogP contribution in [0.15, 0.2) is 48.6 Å². The second kappa shape index (κ2) is 13.7. The van der Waals surface area contributed by atoms with E-state index in [0.29, 0.717) is 6.42 Å². The Kier molecular flexibility index (Phi) is 10.7. The van der Waals surface area contributed by atoms with Crippen molar-refractivity contribution in [3.8, 4) is 5.75 Å². The van der Waals surface area contributed by atoms with Gasteiger partial charge in [0.2, 0.25) is 0 Å². The number of carbonyl (C=O) groups is 1. The number of aliphatic carboxylic acids is 1. The van der Waals surface area contributed by atoms with Crippen LogP contribution in [0.4, 0.5) is 0 Å². The first kappa shape index (κ1) is 26.5. The predicted octanol–water partition coefficient (Wildman–Crippen LogP) is 5.20. The summed E-state index contributed by atoms with van der Waals surface area (Å²) in [5, 5.41) is 19.3. The Hall–Kier alpha value is -2.09. The van der Waals surface area contributed by atoms with Gasteiger partial charge in [0.05, 0.1) is 6.10 Å². The van der Waals surface area contributed by atoms with Crippen molar-refractivity contribution in [3.05, 3.63) is 54.1 Å². The van der Waals surface area contributed by atoms with Gasteiger partial charge >= 0.3 is 13.1 Å². The van der Waals surface area contributed by atoms with Crippen molar-refractivity contribution >= 4 is 13.1 Å². The number of carboxylic acids is 1. The summed E-state index contributed by atoms with van der Waals surface area (Å²) in [4.78, 5) is 10.7. The summed E-state index contributed by atoms with van der Waals surface area (Å²) in [5.74, 6) is 0.435. The molecule has 0 spiro atoms. The van der Waals surface area contributed by atoms with Gasteiger partial charge in [-0.05, 0) is 62.5 Å². The van der Waals surface area contributed by atoms with Crippen LogP contribution in [0.1, 0.15) is 57.4 Å². The second-order valence-corrected chi connectivity index (χ2v) is 9.47. The molecule has 0 aromatic heterocycles. The number of unbranched alkanes of at least 4 members (excludes halogenated alkanes) is 2. The monoisotopic (exact) mass is 470 g/mol. The molecule has 1 aromatic rings. The fraction of sp³-hybridized carbons (Fsp3) is 0.593. The summed E-state index contributed by atoms with van der Waals surface area (Å²) in [7, 11) is -0.154. The standard InChI is InChI=1S/C27H39BO6/c1-3-4-16-28-33-25-18-26(34-28)24(23(25)12-7-5-6-8-13-27(30)31)15-14-21(29)19-32-22-11-9-10-20(2)17-22/h5,7,9-11,14-15,17,21,23-26,29H,3-4,6,8,12-13,16,18-19H2,1-2H3,(H,30,31)/b7-5-,15-14+/t21-,23-,24-,25+,26-/m1/s1. The van der Waals surface area contributed by atoms with E-state index in [-0.39, 0.29) is 44.2 Å². The molecule has 5 atom stereocenters. The van der Waals surface area contributed by atoms with Crippen LogP contribution in [-0.2, 0) is 14.1 Å². The minimum atomic E-state index is -0.753. The van der Waals surface area contributed by atoms with Crippen LogP contribution < -0.4 is 4.74 Å². The number of ether oxygens (including phenoxy) is 1. The highest BCUT2D eigenvalue weighted by atomic mass is 16.6. The molecule has 186 valence electrons. The SMILES string of the molecule is CCCCB1O[C@H]2C[C@@H](O1)[C@H](/C=C/[C@@H](O)COc1cccc(C)c1)[C@H]2C/C=C\CCCC(=O)O. The summed E-state index contributed by atoms with van der Waals surface area (Å²) in [6, 6.07) is 7.80. The molecule has 0 unspecified atom stereocenters. The van der Waals surface area contributed by atoms with Crippen LogP contribution in [0.5, 0.6) is 5.75 Å². The second-order valence-electron chi connectivity index (χ2n) is 9.47. The van der Waals surface area contributed by atoms with Crippen molar-refractivity contribution in [2.75, 3.05) is 6.61 Å². The Balaban J connectivity index is 1.58. The molecule has 1 aromatic carbocycles. The predicted molar refractivity (Wildman–Crippen MR) is 134 cm³/mol. The summed E-state index contributed by atoms with van der Waals surface area (Å²) in [6.45, 7) is 4.38. The number of fused-ring (bicyclic) bond motifs is 2. The lowest BCUT2D eigenvalue weighted by molar-refractivity contribution is -0.137. The molecule has 2 bridgehead atoms. The summed E-state index contributed by atoms with van der Waals surface area (Å²) in [5.41, 5.74) is 1.12. The van der Waals surface area contributed by atoms with E-state index in [4.69, 9.17) is 19.2 Å². The molecule has 2 fully saturated rings. The molecule has 2 N–H and O–H groups in total. The fourth-order valence-electron chi connectivity index (χ4n) is 4.83. The molecule has 1 heterocycles. The van der Waals surface area contributed by atoms with Gasteiger partial charge in [-0.2, -0.15) is 0 Å². The Labute approximate surface area is 204 Å². The van der Waals surface area contributed by atoms with E-state index >= 15 is 0 Å². The molecule has 0 radical (unpaired) electrons. The van der Waals surface area contributed by atoms with Crippen molar-refractivity contribution in [2.24, 2.45) is 11.8 Å². The van der Waals surface area contributed by atoms with Crippen LogP contribution in [0.2, 0.25) is 6.32 Å². The molecule has 1 aliphatic carbocycles. The number of rotatable bonds is 14. The van der Waals surface area contributed by atoms with E-state index in [1.165, 1.54) is 0 Å². The molecule has 2 aliphatic rings. The van der Waals surface area contributed by atoms with Gasteiger partial charge in [-0.25, -0.2) is 0 Å². The smallest absolute Gasteiger partial charge is 0.457 e. The van der Waals surface area contributed by atoms with Crippen molar-refractivity contribution in [1.29, 1.82) is 0 Å². The van der Waals surface area contributed by atoms with E-state index in [1.54, 1.807) is 0 Å².